The minimum Gasteiger partial charge on any atom is -0.493 e. The molecular weight excluding hydrogens is 436 g/mol. The number of hydrogen-bond donors (Lipinski definition) is 0. The zero-order valence-electron chi connectivity index (χ0n) is 19.6. The van der Waals surface area contributed by atoms with E-state index in [1.807, 2.05) is 30.3 Å². The van der Waals surface area contributed by atoms with Gasteiger partial charge in [0.25, 0.3) is 0 Å². The third-order valence-electron chi connectivity index (χ3n) is 6.20. The minimum absolute atomic E-state index is 0.373. The van der Waals surface area contributed by atoms with Crippen LogP contribution < -0.4 is 9.47 Å². The molecule has 0 N–H and O–H groups in total. The molecular formula is C26H33ClN4O2. The number of fused-ring (bicyclic) bond motifs is 1. The van der Waals surface area contributed by atoms with Crippen LogP contribution in [-0.4, -0.2) is 73.0 Å². The molecule has 1 aliphatic rings. The second-order valence-electron chi connectivity index (χ2n) is 8.53. The summed E-state index contributed by atoms with van der Waals surface area (Å²) < 4.78 is 11.8. The Morgan fingerprint density at radius 1 is 0.909 bits per heavy atom. The molecule has 0 aliphatic carbocycles. The summed E-state index contributed by atoms with van der Waals surface area (Å²) in [4.78, 5) is 5.04. The van der Waals surface area contributed by atoms with Gasteiger partial charge in [0.15, 0.2) is 16.7 Å². The van der Waals surface area contributed by atoms with Gasteiger partial charge >= 0.3 is 0 Å². The number of methoxy groups -OCH3 is 1. The van der Waals surface area contributed by atoms with Crippen LogP contribution in [0.2, 0.25) is 5.15 Å². The Bertz CT molecular complexity index is 1050. The third kappa shape index (κ3) is 6.14. The maximum atomic E-state index is 6.43. The number of aromatic nitrogens is 2. The van der Waals surface area contributed by atoms with Crippen LogP contribution in [0.4, 0.5) is 0 Å². The highest BCUT2D eigenvalue weighted by atomic mass is 35.5. The maximum absolute atomic E-state index is 6.43. The van der Waals surface area contributed by atoms with Gasteiger partial charge in [-0.2, -0.15) is 5.10 Å². The summed E-state index contributed by atoms with van der Waals surface area (Å²) in [6.07, 6.45) is 3.09. The van der Waals surface area contributed by atoms with Gasteiger partial charge < -0.3 is 14.4 Å². The molecule has 33 heavy (non-hydrogen) atoms. The number of ether oxygens (including phenoxy) is 2. The first-order chi connectivity index (χ1) is 16.2. The zero-order chi connectivity index (χ0) is 23.0. The van der Waals surface area contributed by atoms with Crippen LogP contribution in [0.1, 0.15) is 31.0 Å². The van der Waals surface area contributed by atoms with Gasteiger partial charge in [0.1, 0.15) is 6.61 Å². The molecule has 0 radical (unpaired) electrons. The molecule has 0 atom stereocenters. The van der Waals surface area contributed by atoms with Gasteiger partial charge in [-0.25, -0.2) is 0 Å². The van der Waals surface area contributed by atoms with E-state index in [0.29, 0.717) is 29.7 Å². The molecule has 1 fully saturated rings. The van der Waals surface area contributed by atoms with Crippen LogP contribution in [0.3, 0.4) is 0 Å². The number of rotatable bonds is 9. The summed E-state index contributed by atoms with van der Waals surface area (Å²) in [6, 6.07) is 14.1. The quantitative estimate of drug-likeness (QED) is 0.454. The van der Waals surface area contributed by atoms with Gasteiger partial charge in [-0.05, 0) is 50.2 Å². The first-order valence-corrected chi connectivity index (χ1v) is 12.2. The lowest BCUT2D eigenvalue weighted by Crippen LogP contribution is -2.33. The molecule has 176 valence electrons. The van der Waals surface area contributed by atoms with E-state index >= 15 is 0 Å². The van der Waals surface area contributed by atoms with Gasteiger partial charge in [0.05, 0.1) is 12.8 Å². The van der Waals surface area contributed by atoms with Gasteiger partial charge in [-0.3, -0.25) is 4.90 Å². The van der Waals surface area contributed by atoms with E-state index in [0.717, 1.165) is 42.6 Å². The standard InChI is InChI=1S/C26H33ClN4O2/c1-3-10-30-11-7-12-31(14-13-30)15-16-33-25-19-22-21(18-24(25)32-2)23(28-29-26(22)27)17-20-8-5-4-6-9-20/h4-6,8-9,18-19H,3,7,10-17H2,1-2H3. The zero-order valence-corrected chi connectivity index (χ0v) is 20.4. The summed E-state index contributed by atoms with van der Waals surface area (Å²) in [6.45, 7) is 9.45. The van der Waals surface area contributed by atoms with E-state index in [1.165, 1.54) is 31.5 Å². The van der Waals surface area contributed by atoms with Gasteiger partial charge in [0.2, 0.25) is 0 Å². The van der Waals surface area contributed by atoms with Gasteiger partial charge in [-0.1, -0.05) is 48.9 Å². The molecule has 2 aromatic carbocycles. The van der Waals surface area contributed by atoms with E-state index in [1.54, 1.807) is 7.11 Å². The Hall–Kier alpha value is -2.41. The molecule has 1 aromatic heterocycles. The lowest BCUT2D eigenvalue weighted by atomic mass is 10.0. The average Bonchev–Trinajstić information content (AvgIpc) is 3.07. The van der Waals surface area contributed by atoms with Crippen LogP contribution in [0.15, 0.2) is 42.5 Å². The Labute approximate surface area is 201 Å². The van der Waals surface area contributed by atoms with E-state index in [-0.39, 0.29) is 0 Å². The molecule has 6 nitrogen and oxygen atoms in total. The second kappa shape index (κ2) is 11.6. The summed E-state index contributed by atoms with van der Waals surface area (Å²) in [5.41, 5.74) is 2.04. The average molecular weight is 469 g/mol. The van der Waals surface area contributed by atoms with Crippen molar-refractivity contribution in [2.75, 3.05) is 53.0 Å². The smallest absolute Gasteiger partial charge is 0.161 e. The number of halogens is 1. The second-order valence-corrected chi connectivity index (χ2v) is 8.89. The fraction of sp³-hybridized carbons (Fsp3) is 0.462. The fourth-order valence-corrected chi connectivity index (χ4v) is 4.64. The van der Waals surface area contributed by atoms with Crippen LogP contribution in [0.25, 0.3) is 10.8 Å². The number of nitrogens with zero attached hydrogens (tertiary/aromatic N) is 4. The Morgan fingerprint density at radius 2 is 1.64 bits per heavy atom. The molecule has 2 heterocycles. The highest BCUT2D eigenvalue weighted by Gasteiger charge is 2.17. The van der Waals surface area contributed by atoms with Crippen molar-refractivity contribution in [3.05, 3.63) is 58.9 Å². The van der Waals surface area contributed by atoms with Crippen molar-refractivity contribution in [3.8, 4) is 11.5 Å². The number of hydrogen-bond acceptors (Lipinski definition) is 6. The van der Waals surface area contributed by atoms with Crippen molar-refractivity contribution in [1.29, 1.82) is 0 Å². The predicted molar refractivity (Wildman–Crippen MR) is 134 cm³/mol. The molecule has 0 saturated carbocycles. The van der Waals surface area contributed by atoms with Crippen molar-refractivity contribution in [2.24, 2.45) is 0 Å². The topological polar surface area (TPSA) is 50.7 Å². The summed E-state index contributed by atoms with van der Waals surface area (Å²) in [5.74, 6) is 1.37. The first kappa shape index (κ1) is 23.7. The SMILES string of the molecule is CCCN1CCCN(CCOc2cc3c(Cl)nnc(Cc4ccccc4)c3cc2OC)CC1. The van der Waals surface area contributed by atoms with Crippen molar-refractivity contribution in [2.45, 2.75) is 26.2 Å². The minimum atomic E-state index is 0.373. The van der Waals surface area contributed by atoms with Crippen LogP contribution in [-0.2, 0) is 6.42 Å². The molecule has 0 bridgehead atoms. The van der Waals surface area contributed by atoms with Crippen molar-refractivity contribution in [1.82, 2.24) is 20.0 Å². The molecule has 0 amide bonds. The van der Waals surface area contributed by atoms with Crippen LogP contribution in [0.5, 0.6) is 11.5 Å². The first-order valence-electron chi connectivity index (χ1n) is 11.8. The molecule has 0 spiro atoms. The van der Waals surface area contributed by atoms with E-state index < -0.39 is 0 Å². The summed E-state index contributed by atoms with van der Waals surface area (Å²) >= 11 is 6.43. The van der Waals surface area contributed by atoms with E-state index in [2.05, 4.69) is 39.1 Å². The Morgan fingerprint density at radius 3 is 2.36 bits per heavy atom. The number of benzene rings is 2. The Kier molecular flexibility index (Phi) is 8.37. The summed E-state index contributed by atoms with van der Waals surface area (Å²) in [5, 5.41) is 10.7. The normalized spacial score (nSPS) is 15.5. The third-order valence-corrected chi connectivity index (χ3v) is 6.48. The molecule has 4 rings (SSSR count). The fourth-order valence-electron chi connectivity index (χ4n) is 4.45. The lowest BCUT2D eigenvalue weighted by Gasteiger charge is -2.22. The van der Waals surface area contributed by atoms with Gasteiger partial charge in [0, 0.05) is 36.8 Å². The summed E-state index contributed by atoms with van der Waals surface area (Å²) in [7, 11) is 1.66. The van der Waals surface area contributed by atoms with Crippen molar-refractivity contribution in [3.63, 3.8) is 0 Å². The highest BCUT2D eigenvalue weighted by molar-refractivity contribution is 6.34. The van der Waals surface area contributed by atoms with Crippen LogP contribution in [0, 0.1) is 0 Å². The lowest BCUT2D eigenvalue weighted by molar-refractivity contribution is 0.205. The largest absolute Gasteiger partial charge is 0.493 e. The van der Waals surface area contributed by atoms with Crippen molar-refractivity contribution < 1.29 is 9.47 Å². The van der Waals surface area contributed by atoms with E-state index in [9.17, 15) is 0 Å². The van der Waals surface area contributed by atoms with Gasteiger partial charge in [-0.15, -0.1) is 5.10 Å². The molecule has 1 saturated heterocycles. The Balaban J connectivity index is 1.47. The monoisotopic (exact) mass is 468 g/mol. The molecule has 1 aliphatic heterocycles. The molecule has 3 aromatic rings. The molecule has 7 heteroatoms. The van der Waals surface area contributed by atoms with Crippen molar-refractivity contribution >= 4 is 22.4 Å². The predicted octanol–water partition coefficient (Wildman–Crippen LogP) is 4.68. The van der Waals surface area contributed by atoms with E-state index in [4.69, 9.17) is 21.1 Å². The highest BCUT2D eigenvalue weighted by Crippen LogP contribution is 2.36. The molecule has 0 unspecified atom stereocenters. The maximum Gasteiger partial charge on any atom is 0.161 e. The van der Waals surface area contributed by atoms with Crippen LogP contribution >= 0.6 is 11.6 Å².